The standard InChI is InChI=1S/C14H11F3N2O2/c1-8(20)18-4-2-9-7-12-10(6-11(9)18)3-5-19(12)13(21)14(15,16)17/h3,5-7H,2,4H2,1H3. The van der Waals surface area contributed by atoms with Gasteiger partial charge in [0.05, 0.1) is 5.52 Å². The number of rotatable bonds is 0. The average molecular weight is 296 g/mol. The molecule has 1 aliphatic heterocycles. The van der Waals surface area contributed by atoms with Crippen molar-refractivity contribution < 1.29 is 22.8 Å². The van der Waals surface area contributed by atoms with Crippen molar-refractivity contribution in [3.8, 4) is 0 Å². The largest absolute Gasteiger partial charge is 0.472 e. The normalized spacial score (nSPS) is 14.6. The molecule has 1 amide bonds. The van der Waals surface area contributed by atoms with Gasteiger partial charge in [-0.25, -0.2) is 0 Å². The van der Waals surface area contributed by atoms with Crippen LogP contribution in [0.1, 0.15) is 17.3 Å². The van der Waals surface area contributed by atoms with Crippen LogP contribution in [0.4, 0.5) is 18.9 Å². The van der Waals surface area contributed by atoms with Gasteiger partial charge in [0, 0.05) is 30.7 Å². The molecule has 1 aromatic heterocycles. The summed E-state index contributed by atoms with van der Waals surface area (Å²) < 4.78 is 38.3. The second-order valence-electron chi connectivity index (χ2n) is 4.95. The van der Waals surface area contributed by atoms with Gasteiger partial charge in [0.1, 0.15) is 0 Å². The molecule has 0 fully saturated rings. The molecule has 0 saturated carbocycles. The highest BCUT2D eigenvalue weighted by atomic mass is 19.4. The third-order valence-corrected chi connectivity index (χ3v) is 3.63. The number of halogens is 3. The van der Waals surface area contributed by atoms with Crippen LogP contribution >= 0.6 is 0 Å². The number of amides is 1. The lowest BCUT2D eigenvalue weighted by atomic mass is 10.1. The van der Waals surface area contributed by atoms with Crippen molar-refractivity contribution >= 4 is 28.4 Å². The Morgan fingerprint density at radius 1 is 1.24 bits per heavy atom. The Labute approximate surface area is 117 Å². The number of alkyl halides is 3. The van der Waals surface area contributed by atoms with Crippen molar-refractivity contribution in [3.63, 3.8) is 0 Å². The lowest BCUT2D eigenvalue weighted by molar-refractivity contribution is -0.116. The van der Waals surface area contributed by atoms with Crippen molar-refractivity contribution in [2.75, 3.05) is 11.4 Å². The van der Waals surface area contributed by atoms with Crippen molar-refractivity contribution in [1.82, 2.24) is 4.57 Å². The van der Waals surface area contributed by atoms with Crippen molar-refractivity contribution in [3.05, 3.63) is 30.0 Å². The van der Waals surface area contributed by atoms with Gasteiger partial charge in [0.25, 0.3) is 0 Å². The highest BCUT2D eigenvalue weighted by molar-refractivity contribution is 6.00. The van der Waals surface area contributed by atoms with E-state index in [1.165, 1.54) is 13.0 Å². The zero-order chi connectivity index (χ0) is 15.4. The van der Waals surface area contributed by atoms with E-state index in [-0.39, 0.29) is 11.4 Å². The molecule has 7 heteroatoms. The molecule has 21 heavy (non-hydrogen) atoms. The number of fused-ring (bicyclic) bond motifs is 2. The Bertz CT molecular complexity index is 761. The van der Waals surface area contributed by atoms with E-state index in [9.17, 15) is 22.8 Å². The fourth-order valence-corrected chi connectivity index (χ4v) is 2.66. The molecule has 0 N–H and O–H groups in total. The van der Waals surface area contributed by atoms with E-state index >= 15 is 0 Å². The number of benzene rings is 1. The van der Waals surface area contributed by atoms with Crippen LogP contribution < -0.4 is 4.90 Å². The molecule has 0 aliphatic carbocycles. The minimum atomic E-state index is -4.92. The van der Waals surface area contributed by atoms with Gasteiger partial charge in [-0.15, -0.1) is 0 Å². The third-order valence-electron chi connectivity index (χ3n) is 3.63. The predicted octanol–water partition coefficient (Wildman–Crippen LogP) is 2.75. The smallest absolute Gasteiger partial charge is 0.312 e. The lowest BCUT2D eigenvalue weighted by Gasteiger charge is -2.15. The lowest BCUT2D eigenvalue weighted by Crippen LogP contribution is -2.28. The molecule has 1 aliphatic rings. The maximum Gasteiger partial charge on any atom is 0.472 e. The van der Waals surface area contributed by atoms with E-state index < -0.39 is 12.1 Å². The van der Waals surface area contributed by atoms with Crippen molar-refractivity contribution in [1.29, 1.82) is 0 Å². The van der Waals surface area contributed by atoms with Gasteiger partial charge >= 0.3 is 12.1 Å². The summed E-state index contributed by atoms with van der Waals surface area (Å²) in [6, 6.07) is 4.65. The molecule has 0 unspecified atom stereocenters. The number of nitrogens with zero attached hydrogens (tertiary/aromatic N) is 2. The molecular weight excluding hydrogens is 285 g/mol. The van der Waals surface area contributed by atoms with Gasteiger partial charge < -0.3 is 4.90 Å². The van der Waals surface area contributed by atoms with E-state index in [0.29, 0.717) is 28.6 Å². The van der Waals surface area contributed by atoms with Gasteiger partial charge in [0.2, 0.25) is 5.91 Å². The summed E-state index contributed by atoms with van der Waals surface area (Å²) in [5.41, 5.74) is 1.68. The molecule has 0 bridgehead atoms. The second kappa shape index (κ2) is 4.34. The highest BCUT2D eigenvalue weighted by Gasteiger charge is 2.40. The summed E-state index contributed by atoms with van der Waals surface area (Å²) >= 11 is 0. The third kappa shape index (κ3) is 2.09. The van der Waals surface area contributed by atoms with Crippen LogP contribution in [0.5, 0.6) is 0 Å². The summed E-state index contributed by atoms with van der Waals surface area (Å²) in [5.74, 6) is -2.03. The number of hydrogen-bond acceptors (Lipinski definition) is 2. The van der Waals surface area contributed by atoms with E-state index in [1.54, 1.807) is 17.0 Å². The maximum atomic E-state index is 12.6. The first kappa shape index (κ1) is 13.7. The van der Waals surface area contributed by atoms with E-state index in [4.69, 9.17) is 0 Å². The molecule has 2 aromatic rings. The maximum absolute atomic E-state index is 12.6. The van der Waals surface area contributed by atoms with Crippen LogP contribution in [0.25, 0.3) is 10.9 Å². The van der Waals surface area contributed by atoms with Gasteiger partial charge in [-0.05, 0) is 30.2 Å². The Hall–Kier alpha value is -2.31. The Morgan fingerprint density at radius 3 is 2.57 bits per heavy atom. The first-order chi connectivity index (χ1) is 9.79. The van der Waals surface area contributed by atoms with Gasteiger partial charge in [-0.1, -0.05) is 0 Å². The fraction of sp³-hybridized carbons (Fsp3) is 0.286. The van der Waals surface area contributed by atoms with Crippen LogP contribution in [0.2, 0.25) is 0 Å². The first-order valence-electron chi connectivity index (χ1n) is 6.32. The molecule has 110 valence electrons. The minimum absolute atomic E-state index is 0.112. The number of carbonyl (C=O) groups is 2. The molecule has 0 radical (unpaired) electrons. The summed E-state index contributed by atoms with van der Waals surface area (Å²) in [6.45, 7) is 1.95. The highest BCUT2D eigenvalue weighted by Crippen LogP contribution is 2.33. The topological polar surface area (TPSA) is 42.3 Å². The monoisotopic (exact) mass is 296 g/mol. The van der Waals surface area contributed by atoms with Gasteiger partial charge in [-0.2, -0.15) is 13.2 Å². The molecular formula is C14H11F3N2O2. The quantitative estimate of drug-likeness (QED) is 0.750. The molecule has 0 saturated heterocycles. The van der Waals surface area contributed by atoms with E-state index in [0.717, 1.165) is 11.8 Å². The average Bonchev–Trinajstić information content (AvgIpc) is 2.96. The van der Waals surface area contributed by atoms with Crippen molar-refractivity contribution in [2.45, 2.75) is 19.5 Å². The molecule has 2 heterocycles. The summed E-state index contributed by atoms with van der Waals surface area (Å²) in [7, 11) is 0. The summed E-state index contributed by atoms with van der Waals surface area (Å²) in [5, 5.41) is 0.500. The Morgan fingerprint density at radius 2 is 1.95 bits per heavy atom. The summed E-state index contributed by atoms with van der Waals surface area (Å²) in [4.78, 5) is 24.5. The van der Waals surface area contributed by atoms with Crippen molar-refractivity contribution in [2.24, 2.45) is 0 Å². The van der Waals surface area contributed by atoms with Crippen LogP contribution in [-0.4, -0.2) is 29.1 Å². The van der Waals surface area contributed by atoms with E-state index in [2.05, 4.69) is 0 Å². The minimum Gasteiger partial charge on any atom is -0.312 e. The summed E-state index contributed by atoms with van der Waals surface area (Å²) in [6.07, 6.45) is -3.25. The van der Waals surface area contributed by atoms with Crippen LogP contribution in [0, 0.1) is 0 Å². The molecule has 1 aromatic carbocycles. The zero-order valence-corrected chi connectivity index (χ0v) is 11.1. The van der Waals surface area contributed by atoms with Crippen LogP contribution in [-0.2, 0) is 11.2 Å². The molecule has 0 atom stereocenters. The van der Waals surface area contributed by atoms with Crippen LogP contribution in [0.3, 0.4) is 0 Å². The Kier molecular flexibility index (Phi) is 2.82. The Balaban J connectivity index is 2.14. The molecule has 4 nitrogen and oxygen atoms in total. The van der Waals surface area contributed by atoms with E-state index in [1.807, 2.05) is 0 Å². The number of carbonyl (C=O) groups excluding carboxylic acids is 2. The first-order valence-corrected chi connectivity index (χ1v) is 6.32. The number of anilines is 1. The predicted molar refractivity (Wildman–Crippen MR) is 70.4 cm³/mol. The van der Waals surface area contributed by atoms with Crippen LogP contribution in [0.15, 0.2) is 24.4 Å². The SMILES string of the molecule is CC(=O)N1CCc2cc3c(ccn3C(=O)C(F)(F)F)cc21. The molecule has 3 rings (SSSR count). The van der Waals surface area contributed by atoms with Gasteiger partial charge in [-0.3, -0.25) is 14.2 Å². The number of aromatic nitrogens is 1. The van der Waals surface area contributed by atoms with Gasteiger partial charge in [0.15, 0.2) is 0 Å². The fourth-order valence-electron chi connectivity index (χ4n) is 2.66. The second-order valence-corrected chi connectivity index (χ2v) is 4.95. The number of hydrogen-bond donors (Lipinski definition) is 0. The zero-order valence-electron chi connectivity index (χ0n) is 11.1. The molecule has 0 spiro atoms.